The van der Waals surface area contributed by atoms with E-state index in [0.717, 1.165) is 16.8 Å². The van der Waals surface area contributed by atoms with E-state index in [4.69, 9.17) is 0 Å². The first-order valence-electron chi connectivity index (χ1n) is 10.3. The monoisotopic (exact) mass is 471 g/mol. The molecule has 0 unspecified atom stereocenters. The molecule has 1 saturated heterocycles. The molecule has 2 aromatic carbocycles. The molecule has 0 bridgehead atoms. The van der Waals surface area contributed by atoms with Gasteiger partial charge >= 0.3 is 0 Å². The van der Waals surface area contributed by atoms with Gasteiger partial charge in [-0.2, -0.15) is 0 Å². The molecular weight excluding hydrogens is 446 g/mol. The highest BCUT2D eigenvalue weighted by Crippen LogP contribution is 2.35. The molecule has 2 aliphatic heterocycles. The number of anilines is 2. The van der Waals surface area contributed by atoms with Gasteiger partial charge in [-0.05, 0) is 50.1 Å². The Morgan fingerprint density at radius 2 is 1.91 bits per heavy atom. The molecule has 4 rings (SSSR count). The average Bonchev–Trinajstić information content (AvgIpc) is 3.21. The summed E-state index contributed by atoms with van der Waals surface area (Å²) < 4.78 is 24.4. The van der Waals surface area contributed by atoms with Crippen LogP contribution < -0.4 is 10.2 Å². The van der Waals surface area contributed by atoms with Gasteiger partial charge in [0.2, 0.25) is 5.91 Å². The molecule has 2 heterocycles. The highest BCUT2D eigenvalue weighted by atomic mass is 32.2. The van der Waals surface area contributed by atoms with Crippen LogP contribution in [0.25, 0.3) is 0 Å². The number of amidine groups is 1. The van der Waals surface area contributed by atoms with E-state index in [1.807, 2.05) is 43.0 Å². The lowest BCUT2D eigenvalue weighted by molar-refractivity contribution is -0.113. The molecule has 2 aromatic rings. The van der Waals surface area contributed by atoms with Crippen molar-refractivity contribution in [3.8, 4) is 0 Å². The van der Waals surface area contributed by atoms with Crippen molar-refractivity contribution in [2.24, 2.45) is 4.99 Å². The summed E-state index contributed by atoms with van der Waals surface area (Å²) in [5, 5.41) is 3.55. The topological polar surface area (TPSA) is 95.9 Å². The predicted molar refractivity (Wildman–Crippen MR) is 130 cm³/mol. The number of sulfone groups is 1. The van der Waals surface area contributed by atoms with E-state index < -0.39 is 9.84 Å². The largest absolute Gasteiger partial charge is 0.325 e. The number of ketones is 1. The summed E-state index contributed by atoms with van der Waals surface area (Å²) in [6.07, 6.45) is 0. The first kappa shape index (κ1) is 22.5. The smallest absolute Gasteiger partial charge is 0.234 e. The molecule has 1 fully saturated rings. The van der Waals surface area contributed by atoms with Crippen molar-refractivity contribution in [2.75, 3.05) is 27.5 Å². The first-order chi connectivity index (χ1) is 15.1. The molecule has 0 radical (unpaired) electrons. The number of nitrogens with zero attached hydrogens (tertiary/aromatic N) is 2. The SMILES string of the molecule is CC(=O)c1cccc(N2C(SCC(=O)Nc3cccc(C)c3C)=N[C@@H]3CS(=O)(=O)C[C@@H]32)c1. The standard InChI is InChI=1S/C23H25N3O4S2/c1-14-6-4-9-19(15(14)2)24-22(28)11-31-23-25-20-12-32(29,30)13-21(20)26(23)18-8-5-7-17(10-18)16(3)27/h4-10,20-21H,11-13H2,1-3H3,(H,24,28)/t20-,21+/m1/s1. The Morgan fingerprint density at radius 1 is 1.16 bits per heavy atom. The molecule has 9 heteroatoms. The molecule has 168 valence electrons. The number of thioether (sulfide) groups is 1. The zero-order valence-corrected chi connectivity index (χ0v) is 19.8. The minimum Gasteiger partial charge on any atom is -0.325 e. The lowest BCUT2D eigenvalue weighted by Crippen LogP contribution is -2.39. The highest BCUT2D eigenvalue weighted by molar-refractivity contribution is 8.14. The van der Waals surface area contributed by atoms with E-state index in [1.54, 1.807) is 18.2 Å². The fourth-order valence-electron chi connectivity index (χ4n) is 4.01. The lowest BCUT2D eigenvalue weighted by Gasteiger charge is -2.26. The summed E-state index contributed by atoms with van der Waals surface area (Å²) in [6, 6.07) is 12.2. The van der Waals surface area contributed by atoms with E-state index >= 15 is 0 Å². The molecule has 2 aliphatic rings. The molecule has 0 spiro atoms. The molecule has 32 heavy (non-hydrogen) atoms. The van der Waals surface area contributed by atoms with Crippen LogP contribution in [-0.2, 0) is 14.6 Å². The summed E-state index contributed by atoms with van der Waals surface area (Å²) in [4.78, 5) is 31.0. The van der Waals surface area contributed by atoms with Gasteiger partial charge in [0, 0.05) is 16.9 Å². The van der Waals surface area contributed by atoms with E-state index in [2.05, 4.69) is 10.3 Å². The van der Waals surface area contributed by atoms with Gasteiger partial charge < -0.3 is 10.2 Å². The summed E-state index contributed by atoms with van der Waals surface area (Å²) in [5.74, 6) is -0.0839. The van der Waals surface area contributed by atoms with Crippen molar-refractivity contribution in [2.45, 2.75) is 32.9 Å². The van der Waals surface area contributed by atoms with Crippen molar-refractivity contribution in [1.82, 2.24) is 0 Å². The fourth-order valence-corrected chi connectivity index (χ4v) is 6.78. The number of amides is 1. The van der Waals surface area contributed by atoms with Gasteiger partial charge in [0.25, 0.3) is 0 Å². The Labute approximate surface area is 192 Å². The van der Waals surface area contributed by atoms with Crippen LogP contribution in [0.15, 0.2) is 47.5 Å². The number of aliphatic imine (C=N–C) groups is 1. The number of nitrogens with one attached hydrogen (secondary N) is 1. The second-order valence-corrected chi connectivity index (χ2v) is 11.3. The number of Topliss-reactive ketones (excluding diaryl/α,β-unsaturated/α-hetero) is 1. The number of benzene rings is 2. The minimum absolute atomic E-state index is 0.000685. The van der Waals surface area contributed by atoms with Crippen molar-refractivity contribution >= 4 is 49.8 Å². The van der Waals surface area contributed by atoms with E-state index in [1.165, 1.54) is 18.7 Å². The van der Waals surface area contributed by atoms with Crippen LogP contribution in [0.2, 0.25) is 0 Å². The molecule has 7 nitrogen and oxygen atoms in total. The quantitative estimate of drug-likeness (QED) is 0.673. The second kappa shape index (κ2) is 8.71. The zero-order valence-electron chi connectivity index (χ0n) is 18.2. The number of carbonyl (C=O) groups excluding carboxylic acids is 2. The third kappa shape index (κ3) is 4.59. The van der Waals surface area contributed by atoms with Crippen LogP contribution in [0.5, 0.6) is 0 Å². The second-order valence-electron chi connectivity index (χ2n) is 8.18. The number of aryl methyl sites for hydroxylation is 1. The number of fused-ring (bicyclic) bond motifs is 1. The van der Waals surface area contributed by atoms with Crippen molar-refractivity contribution in [3.63, 3.8) is 0 Å². The van der Waals surface area contributed by atoms with Gasteiger partial charge in [0.05, 0.1) is 29.3 Å². The van der Waals surface area contributed by atoms with Gasteiger partial charge in [-0.3, -0.25) is 14.6 Å². The molecule has 0 aromatic heterocycles. The van der Waals surface area contributed by atoms with Gasteiger partial charge in [0.1, 0.15) is 0 Å². The normalized spacial score (nSPS) is 21.2. The maximum atomic E-state index is 12.6. The van der Waals surface area contributed by atoms with Crippen LogP contribution in [0, 0.1) is 13.8 Å². The fraction of sp³-hybridized carbons (Fsp3) is 0.348. The first-order valence-corrected chi connectivity index (χ1v) is 13.1. The molecular formula is C23H25N3O4S2. The van der Waals surface area contributed by atoms with E-state index in [9.17, 15) is 18.0 Å². The number of hydrogen-bond acceptors (Lipinski definition) is 7. The van der Waals surface area contributed by atoms with Gasteiger partial charge in [-0.1, -0.05) is 36.0 Å². The van der Waals surface area contributed by atoms with Gasteiger partial charge in [0.15, 0.2) is 20.8 Å². The van der Waals surface area contributed by atoms with Crippen molar-refractivity contribution < 1.29 is 18.0 Å². The molecule has 1 N–H and O–H groups in total. The van der Waals surface area contributed by atoms with E-state index in [-0.39, 0.29) is 41.0 Å². The van der Waals surface area contributed by atoms with Gasteiger partial charge in [-0.15, -0.1) is 0 Å². The summed E-state index contributed by atoms with van der Waals surface area (Å²) in [7, 11) is -3.18. The highest BCUT2D eigenvalue weighted by Gasteiger charge is 2.47. The van der Waals surface area contributed by atoms with Crippen LogP contribution in [0.1, 0.15) is 28.4 Å². The average molecular weight is 472 g/mol. The minimum atomic E-state index is -3.18. The van der Waals surface area contributed by atoms with Crippen LogP contribution in [0.4, 0.5) is 11.4 Å². The number of hydrogen-bond donors (Lipinski definition) is 1. The van der Waals surface area contributed by atoms with Crippen LogP contribution in [-0.4, -0.2) is 54.6 Å². The lowest BCUT2D eigenvalue weighted by atomic mass is 10.1. The Balaban J connectivity index is 1.54. The Kier molecular flexibility index (Phi) is 6.13. The Bertz CT molecular complexity index is 1220. The number of carbonyl (C=O) groups is 2. The molecule has 2 atom stereocenters. The summed E-state index contributed by atoms with van der Waals surface area (Å²) >= 11 is 1.28. The van der Waals surface area contributed by atoms with Crippen LogP contribution >= 0.6 is 11.8 Å². The summed E-state index contributed by atoms with van der Waals surface area (Å²) in [5.41, 5.74) is 4.15. The molecule has 0 saturated carbocycles. The number of rotatable bonds is 5. The third-order valence-corrected chi connectivity index (χ3v) is 8.52. The van der Waals surface area contributed by atoms with Crippen molar-refractivity contribution in [1.29, 1.82) is 0 Å². The Morgan fingerprint density at radius 3 is 2.66 bits per heavy atom. The molecule has 1 amide bonds. The van der Waals surface area contributed by atoms with Crippen molar-refractivity contribution in [3.05, 3.63) is 59.2 Å². The predicted octanol–water partition coefficient (Wildman–Crippen LogP) is 3.22. The molecule has 0 aliphatic carbocycles. The Hall–Kier alpha value is -2.65. The van der Waals surface area contributed by atoms with Crippen LogP contribution in [0.3, 0.4) is 0 Å². The van der Waals surface area contributed by atoms with E-state index in [0.29, 0.717) is 16.4 Å². The summed E-state index contributed by atoms with van der Waals surface area (Å²) in [6.45, 7) is 5.45. The maximum absolute atomic E-state index is 12.6. The maximum Gasteiger partial charge on any atom is 0.234 e. The zero-order chi connectivity index (χ0) is 23.0. The van der Waals surface area contributed by atoms with Gasteiger partial charge in [-0.25, -0.2) is 8.42 Å². The third-order valence-electron chi connectivity index (χ3n) is 5.85.